The van der Waals surface area contributed by atoms with E-state index >= 15 is 0 Å². The van der Waals surface area contributed by atoms with Crippen molar-refractivity contribution in [2.75, 3.05) is 33.5 Å². The normalized spacial score (nSPS) is 12.0. The monoisotopic (exact) mass is 1080 g/mol. The molecule has 4 unspecified atom stereocenters. The summed E-state index contributed by atoms with van der Waals surface area (Å²) in [6.45, 7) is 38.2. The number of hydrogen-bond donors (Lipinski definition) is 1. The molecule has 0 aromatic heterocycles. The highest BCUT2D eigenvalue weighted by atomic mass is 16.5. The number of hydrogen-bond acceptors (Lipinski definition) is 10. The van der Waals surface area contributed by atoms with Crippen LogP contribution in [0.15, 0.2) is 37.0 Å². The maximum absolute atomic E-state index is 13.0. The highest BCUT2D eigenvalue weighted by Gasteiger charge is 2.22. The Hall–Kier alpha value is -3.11. The average molecular weight is 1080 g/mol. The van der Waals surface area contributed by atoms with Crippen LogP contribution in [0.5, 0.6) is 0 Å². The van der Waals surface area contributed by atoms with E-state index in [0.29, 0.717) is 32.3 Å². The number of unbranched alkanes of at least 4 members (excludes halogenated alkanes) is 16. The van der Waals surface area contributed by atoms with E-state index in [9.17, 15) is 29.1 Å². The standard InChI is InChI=1S/C40H72O9.C8H18.C5H10O.C4H10.C4H8.C3H6.C2H6/c1-7-10-12-14-16-18-20-38(43)47-30-34(28-41)27-40(45)49-37(24-32(4)5)23-22-33(9-3)25-36(42)26-35(29-46-6)31-48-39(44)21-19-17-15-13-11-8-2;1-3-5-7-8-6-4-2;1-4(2)5(3)6;2*1-3-4-2;1-3-2;1-2/h22-23,32-35,37,41H,7-21,24-31H2,1-6H3;3-8H2,1-2H3;4H,1-3H3;3-4H2,1-2H3;3-4H,1-2H3;3H,1H2,2H3;1-2H3/b23-22-;;;;4-3-;;. The maximum Gasteiger partial charge on any atom is 0.306 e. The van der Waals surface area contributed by atoms with Gasteiger partial charge in [-0.3, -0.25) is 24.0 Å². The molecule has 10 nitrogen and oxygen atoms in total. The van der Waals surface area contributed by atoms with Crippen molar-refractivity contribution in [1.82, 2.24) is 0 Å². The Kier molecular flexibility index (Phi) is 84.4. The first-order valence-electron chi connectivity index (χ1n) is 30.8. The van der Waals surface area contributed by atoms with Crippen LogP contribution >= 0.6 is 0 Å². The number of rotatable bonds is 40. The number of carbonyl (C=O) groups excluding carboxylic acids is 5. The molecule has 0 fully saturated rings. The summed E-state index contributed by atoms with van der Waals surface area (Å²) in [6.07, 6.45) is 35.9. The summed E-state index contributed by atoms with van der Waals surface area (Å²) in [6, 6.07) is 0. The summed E-state index contributed by atoms with van der Waals surface area (Å²) >= 11 is 0. The molecule has 0 saturated heterocycles. The van der Waals surface area contributed by atoms with Crippen molar-refractivity contribution in [3.63, 3.8) is 0 Å². The largest absolute Gasteiger partial charge is 0.465 e. The molecular formula is C66H130O10. The van der Waals surface area contributed by atoms with Crippen LogP contribution in [0.2, 0.25) is 0 Å². The number of Topliss-reactive ketones (excluding diaryl/α,β-unsaturated/α-hetero) is 2. The Morgan fingerprint density at radius 2 is 0.908 bits per heavy atom. The molecule has 0 aliphatic rings. The highest BCUT2D eigenvalue weighted by molar-refractivity contribution is 5.79. The topological polar surface area (TPSA) is 143 Å². The quantitative estimate of drug-likeness (QED) is 0.0273. The summed E-state index contributed by atoms with van der Waals surface area (Å²) < 4.78 is 21.9. The Morgan fingerprint density at radius 3 is 1.22 bits per heavy atom. The van der Waals surface area contributed by atoms with Crippen molar-refractivity contribution >= 4 is 29.5 Å². The second-order valence-electron chi connectivity index (χ2n) is 20.4. The van der Waals surface area contributed by atoms with E-state index in [2.05, 4.69) is 48.1 Å². The lowest BCUT2D eigenvalue weighted by Gasteiger charge is -2.20. The second-order valence-corrected chi connectivity index (χ2v) is 20.4. The van der Waals surface area contributed by atoms with Crippen molar-refractivity contribution in [3.05, 3.63) is 37.0 Å². The van der Waals surface area contributed by atoms with E-state index in [1.54, 1.807) is 20.1 Å². The Bertz CT molecular complexity index is 1260. The van der Waals surface area contributed by atoms with Gasteiger partial charge in [0.1, 0.15) is 17.7 Å². The molecule has 0 amide bonds. The lowest BCUT2D eigenvalue weighted by molar-refractivity contribution is -0.153. The molecule has 0 saturated carbocycles. The molecule has 10 heteroatoms. The number of aliphatic hydroxyl groups excluding tert-OH is 1. The fourth-order valence-corrected chi connectivity index (χ4v) is 6.51. The second kappa shape index (κ2) is 74.0. The van der Waals surface area contributed by atoms with Crippen molar-refractivity contribution < 1.29 is 48.0 Å². The molecule has 4 atom stereocenters. The van der Waals surface area contributed by atoms with Gasteiger partial charge in [-0.2, -0.15) is 0 Å². The minimum absolute atomic E-state index is 0.0205. The highest BCUT2D eigenvalue weighted by Crippen LogP contribution is 2.20. The molecule has 76 heavy (non-hydrogen) atoms. The third kappa shape index (κ3) is 79.8. The third-order valence-corrected chi connectivity index (χ3v) is 11.8. The zero-order valence-electron chi connectivity index (χ0n) is 53.6. The van der Waals surface area contributed by atoms with E-state index in [1.165, 1.54) is 89.9 Å². The molecule has 0 radical (unpaired) electrons. The van der Waals surface area contributed by atoms with Gasteiger partial charge in [0, 0.05) is 57.2 Å². The van der Waals surface area contributed by atoms with Crippen LogP contribution in [-0.2, 0) is 42.9 Å². The first-order chi connectivity index (χ1) is 36.4. The van der Waals surface area contributed by atoms with E-state index in [1.807, 2.05) is 93.5 Å². The van der Waals surface area contributed by atoms with Gasteiger partial charge in [-0.1, -0.05) is 230 Å². The van der Waals surface area contributed by atoms with Crippen LogP contribution in [0.25, 0.3) is 0 Å². The Labute approximate surface area is 472 Å². The minimum atomic E-state index is -0.527. The lowest BCUT2D eigenvalue weighted by atomic mass is 9.93. The summed E-state index contributed by atoms with van der Waals surface area (Å²) in [7, 11) is 1.58. The van der Waals surface area contributed by atoms with Gasteiger partial charge in [0.2, 0.25) is 0 Å². The summed E-state index contributed by atoms with van der Waals surface area (Å²) in [5.41, 5.74) is 0. The first-order valence-corrected chi connectivity index (χ1v) is 30.8. The van der Waals surface area contributed by atoms with E-state index in [4.69, 9.17) is 18.9 Å². The van der Waals surface area contributed by atoms with E-state index in [0.717, 1.165) is 44.9 Å². The van der Waals surface area contributed by atoms with Gasteiger partial charge in [0.25, 0.3) is 0 Å². The predicted molar refractivity (Wildman–Crippen MR) is 328 cm³/mol. The Balaban J connectivity index is -0.000000287. The van der Waals surface area contributed by atoms with Gasteiger partial charge in [0.05, 0.1) is 26.2 Å². The number of aliphatic hydroxyl groups is 1. The molecule has 0 aromatic carbocycles. The van der Waals surface area contributed by atoms with Crippen molar-refractivity contribution in [2.24, 2.45) is 29.6 Å². The van der Waals surface area contributed by atoms with Crippen LogP contribution in [0.1, 0.15) is 291 Å². The molecule has 454 valence electrons. The molecule has 1 N–H and O–H groups in total. The Morgan fingerprint density at radius 1 is 0.526 bits per heavy atom. The fourth-order valence-electron chi connectivity index (χ4n) is 6.51. The van der Waals surface area contributed by atoms with Gasteiger partial charge < -0.3 is 24.1 Å². The fraction of sp³-hybridized carbons (Fsp3) is 0.833. The van der Waals surface area contributed by atoms with E-state index in [-0.39, 0.29) is 79.8 Å². The van der Waals surface area contributed by atoms with E-state index < -0.39 is 18.0 Å². The predicted octanol–water partition coefficient (Wildman–Crippen LogP) is 18.9. The number of ketones is 2. The van der Waals surface area contributed by atoms with Crippen LogP contribution in [0, 0.1) is 29.6 Å². The van der Waals surface area contributed by atoms with Crippen molar-refractivity contribution in [2.45, 2.75) is 297 Å². The lowest BCUT2D eigenvalue weighted by Crippen LogP contribution is -2.25. The van der Waals surface area contributed by atoms with Gasteiger partial charge in [-0.25, -0.2) is 0 Å². The summed E-state index contributed by atoms with van der Waals surface area (Å²) in [5, 5.41) is 9.80. The molecule has 0 aromatic rings. The third-order valence-electron chi connectivity index (χ3n) is 11.8. The molecule has 0 aliphatic carbocycles. The zero-order valence-corrected chi connectivity index (χ0v) is 53.6. The maximum atomic E-state index is 13.0. The molecule has 0 rings (SSSR count). The minimum Gasteiger partial charge on any atom is -0.465 e. The van der Waals surface area contributed by atoms with Crippen molar-refractivity contribution in [3.8, 4) is 0 Å². The summed E-state index contributed by atoms with van der Waals surface area (Å²) in [4.78, 5) is 60.4. The number of esters is 3. The molecule has 0 spiro atoms. The number of carbonyl (C=O) groups is 5. The van der Waals surface area contributed by atoms with Gasteiger partial charge in [0.15, 0.2) is 0 Å². The summed E-state index contributed by atoms with van der Waals surface area (Å²) in [5.74, 6) is -0.939. The molecule has 0 aliphatic heterocycles. The van der Waals surface area contributed by atoms with Gasteiger partial charge >= 0.3 is 17.9 Å². The number of allylic oxidation sites excluding steroid dienone is 4. The van der Waals surface area contributed by atoms with Crippen LogP contribution in [0.4, 0.5) is 0 Å². The smallest absolute Gasteiger partial charge is 0.306 e. The number of ether oxygens (including phenoxy) is 4. The first kappa shape index (κ1) is 86.8. The van der Waals surface area contributed by atoms with Crippen LogP contribution < -0.4 is 0 Å². The van der Waals surface area contributed by atoms with Crippen LogP contribution in [0.3, 0.4) is 0 Å². The zero-order chi connectivity index (χ0) is 59.6. The molecule has 0 heterocycles. The van der Waals surface area contributed by atoms with Gasteiger partial charge in [-0.05, 0) is 71.3 Å². The number of methoxy groups -OCH3 is 1. The average Bonchev–Trinajstić information content (AvgIpc) is 3.40. The SMILES string of the molecule is C/C=C\C.C=CC.CC.CC(=O)C(C)C.CCCC.CCCCCCCC.CCCCCCCCC(=O)OCC(COC)CC(=O)CC(/C=C\C(CC(C)C)OC(=O)CC(CO)COC(=O)CCCCCCCC)CC. The van der Waals surface area contributed by atoms with Gasteiger partial charge in [-0.15, -0.1) is 6.58 Å². The van der Waals surface area contributed by atoms with Crippen LogP contribution in [-0.4, -0.2) is 74.2 Å². The molecular weight excluding hydrogens is 953 g/mol. The molecule has 0 bridgehead atoms. The van der Waals surface area contributed by atoms with Crippen molar-refractivity contribution in [1.29, 1.82) is 0 Å².